The second-order valence-electron chi connectivity index (χ2n) is 10.4. The van der Waals surface area contributed by atoms with Crippen LogP contribution >= 0.6 is 23.1 Å². The monoisotopic (exact) mass is 504 g/mol. The molecule has 36 heavy (non-hydrogen) atoms. The minimum atomic E-state index is -0.0603. The van der Waals surface area contributed by atoms with Gasteiger partial charge in [0.05, 0.1) is 25.4 Å². The summed E-state index contributed by atoms with van der Waals surface area (Å²) in [5.41, 5.74) is 16.8. The summed E-state index contributed by atoms with van der Waals surface area (Å²) in [6.07, 6.45) is 3.37. The van der Waals surface area contributed by atoms with Crippen molar-refractivity contribution in [2.75, 3.05) is 5.73 Å². The molecule has 2 N–H and O–H groups in total. The molecule has 0 saturated heterocycles. The van der Waals surface area contributed by atoms with Gasteiger partial charge in [-0.25, -0.2) is 0 Å². The normalized spacial score (nSPS) is 18.6. The molecule has 1 aliphatic carbocycles. The third kappa shape index (κ3) is 2.65. The highest BCUT2D eigenvalue weighted by Crippen LogP contribution is 2.61. The average Bonchev–Trinajstić information content (AvgIpc) is 3.53. The summed E-state index contributed by atoms with van der Waals surface area (Å²) in [6, 6.07) is 21.8. The molecule has 6 aromatic rings. The van der Waals surface area contributed by atoms with E-state index in [0.717, 1.165) is 23.5 Å². The van der Waals surface area contributed by atoms with Crippen molar-refractivity contribution >= 4 is 72.5 Å². The van der Waals surface area contributed by atoms with Gasteiger partial charge in [0, 0.05) is 38.7 Å². The smallest absolute Gasteiger partial charge is 0.146 e. The summed E-state index contributed by atoms with van der Waals surface area (Å²) in [4.78, 5) is 2.60. The van der Waals surface area contributed by atoms with Crippen LogP contribution in [0, 0.1) is 13.8 Å². The third-order valence-electron chi connectivity index (χ3n) is 7.76. The number of fused-ring (bicyclic) bond motifs is 10. The number of hydrogen-bond acceptors (Lipinski definition) is 4. The zero-order valence-corrected chi connectivity index (χ0v) is 21.9. The van der Waals surface area contributed by atoms with E-state index in [-0.39, 0.29) is 4.75 Å². The maximum Gasteiger partial charge on any atom is 0.146 e. The number of benzene rings is 3. The zero-order chi connectivity index (χ0) is 24.3. The third-order valence-corrected chi connectivity index (χ3v) is 10.4. The number of hydrogen-bond donors (Lipinski definition) is 1. The van der Waals surface area contributed by atoms with Gasteiger partial charge in [-0.15, -0.1) is 23.1 Å². The van der Waals surface area contributed by atoms with Crippen LogP contribution in [0.4, 0.5) is 5.69 Å². The minimum Gasteiger partial charge on any atom is -0.455 e. The van der Waals surface area contributed by atoms with Crippen molar-refractivity contribution in [1.82, 2.24) is 4.57 Å². The number of rotatable bonds is 1. The van der Waals surface area contributed by atoms with E-state index in [1.54, 1.807) is 0 Å². The number of furan rings is 1. The Morgan fingerprint density at radius 1 is 0.944 bits per heavy atom. The number of nitrogens with zero attached hydrogens (tertiary/aromatic N) is 1. The molecule has 0 amide bonds. The molecule has 0 bridgehead atoms. The van der Waals surface area contributed by atoms with Crippen LogP contribution in [0.15, 0.2) is 70.0 Å². The largest absolute Gasteiger partial charge is 0.455 e. The first-order chi connectivity index (χ1) is 17.4. The number of aryl methyl sites for hydroxylation is 2. The Morgan fingerprint density at radius 3 is 2.56 bits per heavy atom. The van der Waals surface area contributed by atoms with Crippen LogP contribution < -0.4 is 5.73 Å². The average molecular weight is 505 g/mol. The summed E-state index contributed by atoms with van der Waals surface area (Å²) < 4.78 is 10.2. The maximum atomic E-state index is 6.41. The van der Waals surface area contributed by atoms with E-state index in [0.29, 0.717) is 0 Å². The highest BCUT2D eigenvalue weighted by Gasteiger charge is 2.46. The zero-order valence-electron chi connectivity index (χ0n) is 20.3. The van der Waals surface area contributed by atoms with E-state index in [9.17, 15) is 0 Å². The van der Waals surface area contributed by atoms with Crippen molar-refractivity contribution in [2.24, 2.45) is 0 Å². The first-order valence-corrected chi connectivity index (χ1v) is 13.9. The van der Waals surface area contributed by atoms with E-state index < -0.39 is 0 Å². The SMILES string of the molecule is Cc1ccc(-n2c3cc(C)ccc3c3sc4c(c32)CC2(C)Sc3c(oc5cc(N)ccc35)C2=C4)cc1. The lowest BCUT2D eigenvalue weighted by atomic mass is 9.86. The van der Waals surface area contributed by atoms with Crippen LogP contribution in [-0.2, 0) is 6.42 Å². The Bertz CT molecular complexity index is 1930. The van der Waals surface area contributed by atoms with Crippen molar-refractivity contribution in [3.8, 4) is 5.69 Å². The lowest BCUT2D eigenvalue weighted by Crippen LogP contribution is -2.24. The molecule has 3 nitrogen and oxygen atoms in total. The van der Waals surface area contributed by atoms with Crippen molar-refractivity contribution in [3.63, 3.8) is 0 Å². The molecule has 8 rings (SSSR count). The summed E-state index contributed by atoms with van der Waals surface area (Å²) in [6.45, 7) is 6.70. The molecule has 1 aliphatic heterocycles. The van der Waals surface area contributed by atoms with E-state index in [4.69, 9.17) is 10.2 Å². The molecule has 3 aromatic carbocycles. The second-order valence-corrected chi connectivity index (χ2v) is 13.0. The molecule has 2 aliphatic rings. The van der Waals surface area contributed by atoms with Crippen LogP contribution in [-0.4, -0.2) is 9.31 Å². The Kier molecular flexibility index (Phi) is 3.96. The molecule has 176 valence electrons. The molecule has 0 spiro atoms. The van der Waals surface area contributed by atoms with Gasteiger partial charge in [0.15, 0.2) is 0 Å². The van der Waals surface area contributed by atoms with Gasteiger partial charge in [0.25, 0.3) is 0 Å². The maximum absolute atomic E-state index is 6.41. The van der Waals surface area contributed by atoms with Gasteiger partial charge in [-0.2, -0.15) is 0 Å². The standard InChI is InChI=1S/C31H24N2OS2/c1-16-4-8-19(9-5-16)33-24-12-17(2)6-10-20(24)29-27(33)22-15-31(3)23(14-26(22)35-29)28-30(36-31)21-11-7-18(32)13-25(21)34-28/h4-14H,15,32H2,1-3H3. The molecule has 0 radical (unpaired) electrons. The van der Waals surface area contributed by atoms with E-state index in [1.165, 1.54) is 64.2 Å². The Hall–Kier alpha value is -3.41. The second kappa shape index (κ2) is 6.87. The molecular weight excluding hydrogens is 480 g/mol. The fourth-order valence-electron chi connectivity index (χ4n) is 5.99. The molecule has 3 aromatic heterocycles. The highest BCUT2D eigenvalue weighted by molar-refractivity contribution is 8.01. The predicted molar refractivity (Wildman–Crippen MR) is 155 cm³/mol. The summed E-state index contributed by atoms with van der Waals surface area (Å²) in [5.74, 6) is 1.02. The molecule has 0 fully saturated rings. The van der Waals surface area contributed by atoms with Crippen LogP contribution in [0.3, 0.4) is 0 Å². The Balaban J connectivity index is 1.41. The van der Waals surface area contributed by atoms with Crippen molar-refractivity contribution in [3.05, 3.63) is 88.0 Å². The molecule has 1 unspecified atom stereocenters. The number of anilines is 1. The fourth-order valence-corrected chi connectivity index (χ4v) is 8.72. The summed E-state index contributed by atoms with van der Waals surface area (Å²) >= 11 is 3.86. The van der Waals surface area contributed by atoms with Gasteiger partial charge < -0.3 is 14.7 Å². The molecular formula is C31H24N2OS2. The van der Waals surface area contributed by atoms with E-state index >= 15 is 0 Å². The lowest BCUT2D eigenvalue weighted by molar-refractivity contribution is 0.585. The number of thioether (sulfide) groups is 1. The predicted octanol–water partition coefficient (Wildman–Crippen LogP) is 8.75. The number of nitrogen functional groups attached to an aromatic ring is 1. The van der Waals surface area contributed by atoms with Crippen LogP contribution in [0.5, 0.6) is 0 Å². The summed E-state index contributed by atoms with van der Waals surface area (Å²) in [5, 5.41) is 2.50. The number of thiophene rings is 1. The van der Waals surface area contributed by atoms with Gasteiger partial charge in [-0.1, -0.05) is 29.8 Å². The van der Waals surface area contributed by atoms with Crippen LogP contribution in [0.1, 0.15) is 34.3 Å². The minimum absolute atomic E-state index is 0.0603. The quantitative estimate of drug-likeness (QED) is 0.228. The number of aromatic nitrogens is 1. The van der Waals surface area contributed by atoms with Gasteiger partial charge in [0.1, 0.15) is 11.3 Å². The number of nitrogens with two attached hydrogens (primary N) is 1. The molecule has 4 heterocycles. The Morgan fingerprint density at radius 2 is 1.72 bits per heavy atom. The van der Waals surface area contributed by atoms with Gasteiger partial charge >= 0.3 is 0 Å². The Labute approximate surface area is 217 Å². The van der Waals surface area contributed by atoms with E-state index in [1.807, 2.05) is 35.2 Å². The lowest BCUT2D eigenvalue weighted by Gasteiger charge is -2.29. The van der Waals surface area contributed by atoms with E-state index in [2.05, 4.69) is 79.9 Å². The first kappa shape index (κ1) is 20.7. The molecule has 1 atom stereocenters. The van der Waals surface area contributed by atoms with Crippen molar-refractivity contribution in [2.45, 2.75) is 36.8 Å². The highest BCUT2D eigenvalue weighted by atomic mass is 32.2. The van der Waals surface area contributed by atoms with Gasteiger partial charge in [0.2, 0.25) is 0 Å². The van der Waals surface area contributed by atoms with Gasteiger partial charge in [-0.3, -0.25) is 0 Å². The van der Waals surface area contributed by atoms with Crippen molar-refractivity contribution < 1.29 is 4.42 Å². The van der Waals surface area contributed by atoms with Gasteiger partial charge in [-0.05, 0) is 74.7 Å². The topological polar surface area (TPSA) is 44.1 Å². The molecule has 0 saturated carbocycles. The first-order valence-electron chi connectivity index (χ1n) is 12.3. The summed E-state index contributed by atoms with van der Waals surface area (Å²) in [7, 11) is 0. The van der Waals surface area contributed by atoms with Crippen LogP contribution in [0.25, 0.3) is 49.4 Å². The van der Waals surface area contributed by atoms with Crippen LogP contribution in [0.2, 0.25) is 0 Å². The molecule has 5 heteroatoms. The fraction of sp³-hybridized carbons (Fsp3) is 0.161. The van der Waals surface area contributed by atoms with Crippen molar-refractivity contribution in [1.29, 1.82) is 0 Å².